The van der Waals surface area contributed by atoms with E-state index in [0.29, 0.717) is 17.5 Å². The zero-order valence-electron chi connectivity index (χ0n) is 15.3. The van der Waals surface area contributed by atoms with Gasteiger partial charge in [0.1, 0.15) is 0 Å². The number of carbonyl (C=O) groups excluding carboxylic acids is 1. The average molecular weight is 321 g/mol. The highest BCUT2D eigenvalue weighted by Crippen LogP contribution is 2.63. The third kappa shape index (κ3) is 2.63. The standard InChI is InChI=1S/C20H36N2O/c1-4-5-11-20(3)16-10-12-19(2)15(7-8-17(19)21)14(16)6-9-18(20)22-13-23/h13-18H,4-12,21H2,1-3H3,(H,22,23). The lowest BCUT2D eigenvalue weighted by Gasteiger charge is -2.59. The van der Waals surface area contributed by atoms with Crippen LogP contribution in [0.2, 0.25) is 0 Å². The van der Waals surface area contributed by atoms with Crippen LogP contribution in [-0.4, -0.2) is 18.5 Å². The Morgan fingerprint density at radius 1 is 1.13 bits per heavy atom. The van der Waals surface area contributed by atoms with Crippen molar-refractivity contribution in [2.24, 2.45) is 34.3 Å². The highest BCUT2D eigenvalue weighted by atomic mass is 16.1. The molecule has 0 radical (unpaired) electrons. The summed E-state index contributed by atoms with van der Waals surface area (Å²) in [5, 5.41) is 3.19. The minimum absolute atomic E-state index is 0.272. The van der Waals surface area contributed by atoms with Crippen LogP contribution in [0, 0.1) is 28.6 Å². The Morgan fingerprint density at radius 2 is 1.91 bits per heavy atom. The van der Waals surface area contributed by atoms with Crippen molar-refractivity contribution in [2.45, 2.75) is 90.6 Å². The van der Waals surface area contributed by atoms with E-state index in [1.807, 2.05) is 0 Å². The molecule has 1 amide bonds. The fraction of sp³-hybridized carbons (Fsp3) is 0.950. The maximum Gasteiger partial charge on any atom is 0.207 e. The molecule has 3 rings (SSSR count). The number of carbonyl (C=O) groups is 1. The molecule has 0 saturated heterocycles. The molecule has 132 valence electrons. The van der Waals surface area contributed by atoms with Crippen LogP contribution >= 0.6 is 0 Å². The van der Waals surface area contributed by atoms with Gasteiger partial charge in [-0.25, -0.2) is 0 Å². The molecule has 7 atom stereocenters. The van der Waals surface area contributed by atoms with E-state index in [0.717, 1.165) is 30.6 Å². The van der Waals surface area contributed by atoms with E-state index >= 15 is 0 Å². The first-order valence-electron chi connectivity index (χ1n) is 9.92. The van der Waals surface area contributed by atoms with Crippen LogP contribution in [0.25, 0.3) is 0 Å². The monoisotopic (exact) mass is 320 g/mol. The van der Waals surface area contributed by atoms with Crippen LogP contribution < -0.4 is 11.1 Å². The SMILES string of the molecule is CCCCC1(C)C(NC=O)CCC2C3CCC(N)C3(C)CCC21. The van der Waals surface area contributed by atoms with Crippen LogP contribution in [0.1, 0.15) is 78.6 Å². The Bertz CT molecular complexity index is 439. The second-order valence-electron chi connectivity index (χ2n) is 9.13. The number of amides is 1. The van der Waals surface area contributed by atoms with Crippen LogP contribution in [0.4, 0.5) is 0 Å². The summed E-state index contributed by atoms with van der Waals surface area (Å²) in [6.45, 7) is 7.21. The minimum Gasteiger partial charge on any atom is -0.355 e. The normalized spacial score (nSPS) is 49.3. The third-order valence-corrected chi connectivity index (χ3v) is 8.28. The summed E-state index contributed by atoms with van der Waals surface area (Å²) in [4.78, 5) is 11.1. The first-order valence-corrected chi connectivity index (χ1v) is 9.92. The Hall–Kier alpha value is -0.570. The third-order valence-electron chi connectivity index (χ3n) is 8.28. The first-order chi connectivity index (χ1) is 11.0. The first kappa shape index (κ1) is 17.3. The van der Waals surface area contributed by atoms with Gasteiger partial charge in [-0.15, -0.1) is 0 Å². The van der Waals surface area contributed by atoms with Gasteiger partial charge < -0.3 is 11.1 Å². The van der Waals surface area contributed by atoms with Gasteiger partial charge >= 0.3 is 0 Å². The predicted molar refractivity (Wildman–Crippen MR) is 94.9 cm³/mol. The Balaban J connectivity index is 1.86. The minimum atomic E-state index is 0.272. The molecule has 0 aromatic heterocycles. The number of hydrogen-bond acceptors (Lipinski definition) is 2. The molecule has 7 unspecified atom stereocenters. The largest absolute Gasteiger partial charge is 0.355 e. The summed E-state index contributed by atoms with van der Waals surface area (Å²) < 4.78 is 0. The van der Waals surface area contributed by atoms with Crippen LogP contribution in [0.3, 0.4) is 0 Å². The Kier molecular flexibility index (Phi) is 4.79. The van der Waals surface area contributed by atoms with Gasteiger partial charge in [0.2, 0.25) is 6.41 Å². The van der Waals surface area contributed by atoms with Gasteiger partial charge in [0.25, 0.3) is 0 Å². The molecule has 3 heteroatoms. The van der Waals surface area contributed by atoms with Crippen LogP contribution in [0.5, 0.6) is 0 Å². The molecular formula is C20H36N2O. The topological polar surface area (TPSA) is 55.1 Å². The molecule has 3 saturated carbocycles. The van der Waals surface area contributed by atoms with Crippen molar-refractivity contribution in [1.82, 2.24) is 5.32 Å². The molecule has 3 aliphatic rings. The fourth-order valence-corrected chi connectivity index (χ4v) is 6.77. The fourth-order valence-electron chi connectivity index (χ4n) is 6.77. The number of rotatable bonds is 5. The maximum atomic E-state index is 11.1. The zero-order chi connectivity index (χ0) is 16.7. The highest BCUT2D eigenvalue weighted by molar-refractivity contribution is 5.47. The van der Waals surface area contributed by atoms with Gasteiger partial charge in [0.05, 0.1) is 0 Å². The summed E-state index contributed by atoms with van der Waals surface area (Å²) in [6.07, 6.45) is 12.3. The summed E-state index contributed by atoms with van der Waals surface area (Å²) in [7, 11) is 0. The molecule has 3 nitrogen and oxygen atoms in total. The van der Waals surface area contributed by atoms with Gasteiger partial charge in [-0.1, -0.05) is 33.6 Å². The second kappa shape index (κ2) is 6.38. The molecule has 0 aromatic rings. The number of fused-ring (bicyclic) bond motifs is 3. The van der Waals surface area contributed by atoms with Gasteiger partial charge in [0, 0.05) is 12.1 Å². The quantitative estimate of drug-likeness (QED) is 0.756. The lowest BCUT2D eigenvalue weighted by molar-refractivity contribution is -0.116. The number of hydrogen-bond donors (Lipinski definition) is 2. The van der Waals surface area contributed by atoms with E-state index in [9.17, 15) is 4.79 Å². The van der Waals surface area contributed by atoms with Crippen molar-refractivity contribution in [3.63, 3.8) is 0 Å². The van der Waals surface area contributed by atoms with Crippen molar-refractivity contribution in [3.05, 3.63) is 0 Å². The predicted octanol–water partition coefficient (Wildman–Crippen LogP) is 3.86. The van der Waals surface area contributed by atoms with Gasteiger partial charge in [-0.05, 0) is 73.5 Å². The smallest absolute Gasteiger partial charge is 0.207 e. The molecule has 3 aliphatic carbocycles. The number of nitrogens with one attached hydrogen (secondary N) is 1. The van der Waals surface area contributed by atoms with Crippen molar-refractivity contribution < 1.29 is 4.79 Å². The van der Waals surface area contributed by atoms with Crippen LogP contribution in [-0.2, 0) is 4.79 Å². The lowest BCUT2D eigenvalue weighted by Crippen LogP contribution is -2.58. The number of nitrogens with two attached hydrogens (primary N) is 1. The average Bonchev–Trinajstić information content (AvgIpc) is 2.84. The highest BCUT2D eigenvalue weighted by Gasteiger charge is 2.58. The van der Waals surface area contributed by atoms with Crippen LogP contribution in [0.15, 0.2) is 0 Å². The van der Waals surface area contributed by atoms with Crippen molar-refractivity contribution in [3.8, 4) is 0 Å². The summed E-state index contributed by atoms with van der Waals surface area (Å²) >= 11 is 0. The van der Waals surface area contributed by atoms with E-state index in [-0.39, 0.29) is 5.41 Å². The molecule has 0 aromatic carbocycles. The van der Waals surface area contributed by atoms with Gasteiger partial charge in [-0.3, -0.25) is 4.79 Å². The lowest BCUT2D eigenvalue weighted by atomic mass is 9.48. The molecule has 0 heterocycles. The van der Waals surface area contributed by atoms with E-state index in [4.69, 9.17) is 5.73 Å². The Labute approximate surface area is 142 Å². The Morgan fingerprint density at radius 3 is 2.61 bits per heavy atom. The second-order valence-corrected chi connectivity index (χ2v) is 9.13. The van der Waals surface area contributed by atoms with Gasteiger partial charge in [-0.2, -0.15) is 0 Å². The zero-order valence-corrected chi connectivity index (χ0v) is 15.3. The van der Waals surface area contributed by atoms with Crippen molar-refractivity contribution in [1.29, 1.82) is 0 Å². The van der Waals surface area contributed by atoms with E-state index in [2.05, 4.69) is 26.1 Å². The molecule has 0 aliphatic heterocycles. The maximum absolute atomic E-state index is 11.1. The van der Waals surface area contributed by atoms with Crippen molar-refractivity contribution in [2.75, 3.05) is 0 Å². The summed E-state index contributed by atoms with van der Waals surface area (Å²) in [6, 6.07) is 0.772. The molecule has 3 fully saturated rings. The molecule has 0 spiro atoms. The van der Waals surface area contributed by atoms with E-state index in [1.165, 1.54) is 51.4 Å². The molecular weight excluding hydrogens is 284 g/mol. The van der Waals surface area contributed by atoms with Gasteiger partial charge in [0.15, 0.2) is 0 Å². The summed E-state index contributed by atoms with van der Waals surface area (Å²) in [5.74, 6) is 2.41. The van der Waals surface area contributed by atoms with E-state index < -0.39 is 0 Å². The summed E-state index contributed by atoms with van der Waals surface area (Å²) in [5.41, 5.74) is 7.15. The molecule has 3 N–H and O–H groups in total. The number of unbranched alkanes of at least 4 members (excludes halogenated alkanes) is 1. The van der Waals surface area contributed by atoms with Crippen molar-refractivity contribution >= 4 is 6.41 Å². The molecule has 0 bridgehead atoms. The van der Waals surface area contributed by atoms with E-state index in [1.54, 1.807) is 0 Å². The molecule has 23 heavy (non-hydrogen) atoms.